The number of likely N-dealkylation sites (tertiary alicyclic amines) is 1. The van der Waals surface area contributed by atoms with Crippen LogP contribution in [-0.4, -0.2) is 37.0 Å². The van der Waals surface area contributed by atoms with Gasteiger partial charge in [-0.05, 0) is 52.1 Å². The van der Waals surface area contributed by atoms with Gasteiger partial charge in [-0.25, -0.2) is 0 Å². The third-order valence-electron chi connectivity index (χ3n) is 5.09. The molecule has 0 spiro atoms. The molecule has 3 heteroatoms. The first kappa shape index (κ1) is 14.8. The van der Waals surface area contributed by atoms with Crippen LogP contribution in [-0.2, 0) is 4.79 Å². The number of amides is 1. The molecule has 1 amide bonds. The van der Waals surface area contributed by atoms with Gasteiger partial charge in [0, 0.05) is 18.0 Å². The fourth-order valence-electron chi connectivity index (χ4n) is 3.77. The molecule has 110 valence electrons. The van der Waals surface area contributed by atoms with Crippen molar-refractivity contribution in [3.63, 3.8) is 0 Å². The van der Waals surface area contributed by atoms with Crippen molar-refractivity contribution in [2.45, 2.75) is 70.8 Å². The van der Waals surface area contributed by atoms with Crippen LogP contribution in [0.1, 0.15) is 64.7 Å². The zero-order valence-electron chi connectivity index (χ0n) is 12.7. The molecule has 19 heavy (non-hydrogen) atoms. The maximum atomic E-state index is 13.0. The SMILES string of the molecule is CNCCC1CCCCN1C(=O)C1(C)CCCCC1. The van der Waals surface area contributed by atoms with Gasteiger partial charge in [-0.3, -0.25) is 4.79 Å². The predicted molar refractivity (Wildman–Crippen MR) is 79.1 cm³/mol. The molecule has 2 fully saturated rings. The Morgan fingerprint density at radius 3 is 2.63 bits per heavy atom. The zero-order chi connectivity index (χ0) is 13.7. The van der Waals surface area contributed by atoms with Crippen molar-refractivity contribution in [2.75, 3.05) is 20.1 Å². The lowest BCUT2D eigenvalue weighted by Crippen LogP contribution is -2.51. The smallest absolute Gasteiger partial charge is 0.228 e. The Morgan fingerprint density at radius 1 is 1.21 bits per heavy atom. The molecule has 1 atom stereocenters. The molecule has 0 aromatic rings. The molecule has 2 aliphatic rings. The molecule has 3 nitrogen and oxygen atoms in total. The van der Waals surface area contributed by atoms with E-state index in [1.165, 1.54) is 38.5 Å². The van der Waals surface area contributed by atoms with E-state index in [1.807, 2.05) is 7.05 Å². The van der Waals surface area contributed by atoms with Crippen LogP contribution in [0.3, 0.4) is 0 Å². The third-order valence-corrected chi connectivity index (χ3v) is 5.09. The Bertz CT molecular complexity index is 297. The number of hydrogen-bond donors (Lipinski definition) is 1. The zero-order valence-corrected chi connectivity index (χ0v) is 12.7. The largest absolute Gasteiger partial charge is 0.339 e. The fourth-order valence-corrected chi connectivity index (χ4v) is 3.77. The number of rotatable bonds is 4. The quantitative estimate of drug-likeness (QED) is 0.848. The van der Waals surface area contributed by atoms with Gasteiger partial charge in [0.1, 0.15) is 0 Å². The van der Waals surface area contributed by atoms with Gasteiger partial charge in [0.25, 0.3) is 0 Å². The Balaban J connectivity index is 2.01. The lowest BCUT2D eigenvalue weighted by atomic mass is 9.74. The van der Waals surface area contributed by atoms with E-state index in [1.54, 1.807) is 0 Å². The van der Waals surface area contributed by atoms with E-state index in [2.05, 4.69) is 17.1 Å². The van der Waals surface area contributed by atoms with Gasteiger partial charge in [0.2, 0.25) is 5.91 Å². The van der Waals surface area contributed by atoms with Crippen LogP contribution in [0.2, 0.25) is 0 Å². The van der Waals surface area contributed by atoms with Crippen LogP contribution in [0.25, 0.3) is 0 Å². The van der Waals surface area contributed by atoms with Gasteiger partial charge in [-0.1, -0.05) is 26.2 Å². The first-order valence-electron chi connectivity index (χ1n) is 8.13. The highest BCUT2D eigenvalue weighted by atomic mass is 16.2. The summed E-state index contributed by atoms with van der Waals surface area (Å²) in [6.07, 6.45) is 10.8. The number of nitrogens with zero attached hydrogens (tertiary/aromatic N) is 1. The average Bonchev–Trinajstić information content (AvgIpc) is 2.45. The van der Waals surface area contributed by atoms with E-state index < -0.39 is 0 Å². The minimum Gasteiger partial charge on any atom is -0.339 e. The van der Waals surface area contributed by atoms with Crippen molar-refractivity contribution < 1.29 is 4.79 Å². The van der Waals surface area contributed by atoms with Crippen molar-refractivity contribution in [1.29, 1.82) is 0 Å². The van der Waals surface area contributed by atoms with E-state index in [4.69, 9.17) is 0 Å². The Morgan fingerprint density at radius 2 is 1.95 bits per heavy atom. The molecule has 1 N–H and O–H groups in total. The fraction of sp³-hybridized carbons (Fsp3) is 0.938. The summed E-state index contributed by atoms with van der Waals surface area (Å²) in [6, 6.07) is 0.479. The summed E-state index contributed by atoms with van der Waals surface area (Å²) in [4.78, 5) is 15.2. The highest BCUT2D eigenvalue weighted by Crippen LogP contribution is 2.39. The van der Waals surface area contributed by atoms with Crippen molar-refractivity contribution in [1.82, 2.24) is 10.2 Å². The molecular formula is C16H30N2O. The van der Waals surface area contributed by atoms with Gasteiger partial charge >= 0.3 is 0 Å². The number of nitrogens with one attached hydrogen (secondary N) is 1. The molecule has 1 unspecified atom stereocenters. The van der Waals surface area contributed by atoms with E-state index in [-0.39, 0.29) is 5.41 Å². The second kappa shape index (κ2) is 6.74. The summed E-state index contributed by atoms with van der Waals surface area (Å²) in [6.45, 7) is 4.21. The molecule has 1 heterocycles. The maximum Gasteiger partial charge on any atom is 0.228 e. The van der Waals surface area contributed by atoms with Gasteiger partial charge < -0.3 is 10.2 Å². The summed E-state index contributed by atoms with van der Waals surface area (Å²) in [5.41, 5.74) is -0.0620. The predicted octanol–water partition coefficient (Wildman–Crippen LogP) is 2.95. The first-order valence-corrected chi connectivity index (χ1v) is 8.13. The molecule has 1 saturated heterocycles. The summed E-state index contributed by atoms with van der Waals surface area (Å²) < 4.78 is 0. The second-order valence-corrected chi connectivity index (χ2v) is 6.66. The molecule has 2 rings (SSSR count). The molecule has 1 aliphatic heterocycles. The summed E-state index contributed by atoms with van der Waals surface area (Å²) in [5, 5.41) is 3.23. The lowest BCUT2D eigenvalue weighted by Gasteiger charge is -2.43. The summed E-state index contributed by atoms with van der Waals surface area (Å²) in [5.74, 6) is 0.452. The van der Waals surface area contributed by atoms with Crippen LogP contribution in [0, 0.1) is 5.41 Å². The summed E-state index contributed by atoms with van der Waals surface area (Å²) in [7, 11) is 2.00. The first-order chi connectivity index (χ1) is 9.17. The van der Waals surface area contributed by atoms with Crippen LogP contribution in [0.5, 0.6) is 0 Å². The number of hydrogen-bond acceptors (Lipinski definition) is 2. The minimum absolute atomic E-state index is 0.0620. The molecule has 0 radical (unpaired) electrons. The van der Waals surface area contributed by atoms with Crippen LogP contribution >= 0.6 is 0 Å². The van der Waals surface area contributed by atoms with Crippen molar-refractivity contribution in [3.05, 3.63) is 0 Å². The topological polar surface area (TPSA) is 32.3 Å². The molecule has 0 aromatic carbocycles. The van der Waals surface area contributed by atoms with Crippen molar-refractivity contribution in [3.8, 4) is 0 Å². The van der Waals surface area contributed by atoms with E-state index in [0.29, 0.717) is 11.9 Å². The van der Waals surface area contributed by atoms with E-state index in [9.17, 15) is 4.79 Å². The molecule has 1 saturated carbocycles. The summed E-state index contributed by atoms with van der Waals surface area (Å²) >= 11 is 0. The molecule has 0 bridgehead atoms. The van der Waals surface area contributed by atoms with Gasteiger partial charge in [0.05, 0.1) is 0 Å². The third kappa shape index (κ3) is 3.50. The standard InChI is InChI=1S/C16H30N2O/c1-16(10-5-3-6-11-16)15(19)18-13-7-4-8-14(18)9-12-17-2/h14,17H,3-13H2,1-2H3. The number of carbonyl (C=O) groups excluding carboxylic acids is 1. The van der Waals surface area contributed by atoms with E-state index >= 15 is 0 Å². The van der Waals surface area contributed by atoms with Gasteiger partial charge in [0.15, 0.2) is 0 Å². The molecule has 0 aromatic heterocycles. The van der Waals surface area contributed by atoms with Crippen LogP contribution in [0.15, 0.2) is 0 Å². The Kier molecular flexibility index (Phi) is 5.26. The van der Waals surface area contributed by atoms with Gasteiger partial charge in [-0.2, -0.15) is 0 Å². The highest BCUT2D eigenvalue weighted by Gasteiger charge is 2.40. The second-order valence-electron chi connectivity index (χ2n) is 6.66. The number of carbonyl (C=O) groups is 1. The van der Waals surface area contributed by atoms with Crippen LogP contribution in [0.4, 0.5) is 0 Å². The lowest BCUT2D eigenvalue weighted by molar-refractivity contribution is -0.147. The average molecular weight is 266 g/mol. The normalized spacial score (nSPS) is 27.3. The Labute approximate surface area is 118 Å². The maximum absolute atomic E-state index is 13.0. The Hall–Kier alpha value is -0.570. The van der Waals surface area contributed by atoms with Crippen molar-refractivity contribution >= 4 is 5.91 Å². The van der Waals surface area contributed by atoms with Crippen molar-refractivity contribution in [2.24, 2.45) is 5.41 Å². The minimum atomic E-state index is -0.0620. The van der Waals surface area contributed by atoms with Crippen LogP contribution < -0.4 is 5.32 Å². The van der Waals surface area contributed by atoms with E-state index in [0.717, 1.165) is 32.4 Å². The molecular weight excluding hydrogens is 236 g/mol. The number of piperidine rings is 1. The highest BCUT2D eigenvalue weighted by molar-refractivity contribution is 5.82. The molecule has 1 aliphatic carbocycles. The monoisotopic (exact) mass is 266 g/mol. The van der Waals surface area contributed by atoms with Gasteiger partial charge in [-0.15, -0.1) is 0 Å².